The standard InChI is InChI=1S/C18H22N6O6S/c25-16(15-10-12(23-30-15)6-7-19-18-20-8-9-21-18)22-11-14(17(26)27)24-31(28,29)13-4-2-1-3-5-13/h1-5,8-9,14-15,24H,6-7,10-11H2,(H,22,25)(H,26,27)(H2,19,20,21). The summed E-state index contributed by atoms with van der Waals surface area (Å²) in [7, 11) is -4.06. The number of carboxylic acid groups (broad SMARTS) is 1. The molecule has 3 rings (SSSR count). The first kappa shape index (κ1) is 22.2. The molecule has 1 aromatic heterocycles. The maximum absolute atomic E-state index is 12.3. The maximum atomic E-state index is 12.3. The van der Waals surface area contributed by atoms with Crippen LogP contribution in [0.2, 0.25) is 0 Å². The van der Waals surface area contributed by atoms with Gasteiger partial charge in [-0.15, -0.1) is 0 Å². The molecule has 2 atom stereocenters. The van der Waals surface area contributed by atoms with E-state index in [2.05, 4.69) is 30.5 Å². The molecule has 1 aliphatic heterocycles. The molecule has 31 heavy (non-hydrogen) atoms. The van der Waals surface area contributed by atoms with Crippen LogP contribution in [-0.4, -0.2) is 66.3 Å². The van der Waals surface area contributed by atoms with Gasteiger partial charge in [0.25, 0.3) is 5.91 Å². The highest BCUT2D eigenvalue weighted by Crippen LogP contribution is 2.13. The molecular formula is C18H22N6O6S. The van der Waals surface area contributed by atoms with E-state index in [0.29, 0.717) is 24.6 Å². The summed E-state index contributed by atoms with van der Waals surface area (Å²) in [6.45, 7) is 0.0852. The third-order valence-electron chi connectivity index (χ3n) is 4.36. The molecule has 0 saturated heterocycles. The van der Waals surface area contributed by atoms with Crippen LogP contribution in [-0.2, 0) is 24.4 Å². The van der Waals surface area contributed by atoms with Crippen molar-refractivity contribution in [2.45, 2.75) is 29.9 Å². The largest absolute Gasteiger partial charge is 0.480 e. The van der Waals surface area contributed by atoms with E-state index in [1.54, 1.807) is 18.5 Å². The van der Waals surface area contributed by atoms with Gasteiger partial charge in [0.2, 0.25) is 16.1 Å². The number of imidazole rings is 1. The smallest absolute Gasteiger partial charge is 0.323 e. The summed E-state index contributed by atoms with van der Waals surface area (Å²) in [5.74, 6) is -1.39. The summed E-state index contributed by atoms with van der Waals surface area (Å²) < 4.78 is 26.7. The molecule has 0 aliphatic carbocycles. The number of nitrogens with zero attached hydrogens (tertiary/aromatic N) is 2. The minimum Gasteiger partial charge on any atom is -0.480 e. The molecule has 13 heteroatoms. The number of oxime groups is 1. The molecule has 1 amide bonds. The number of aromatic nitrogens is 2. The Hall–Kier alpha value is -3.45. The summed E-state index contributed by atoms with van der Waals surface area (Å²) in [6, 6.07) is 5.81. The molecule has 2 aromatic rings. The third-order valence-corrected chi connectivity index (χ3v) is 5.84. The number of hydrogen-bond acceptors (Lipinski definition) is 8. The fourth-order valence-corrected chi connectivity index (χ4v) is 3.96. The van der Waals surface area contributed by atoms with Gasteiger partial charge < -0.3 is 25.6 Å². The monoisotopic (exact) mass is 450 g/mol. The van der Waals surface area contributed by atoms with Gasteiger partial charge in [0.05, 0.1) is 10.6 Å². The average Bonchev–Trinajstić information content (AvgIpc) is 3.44. The Balaban J connectivity index is 1.45. The number of hydrogen-bond donors (Lipinski definition) is 5. The van der Waals surface area contributed by atoms with E-state index < -0.39 is 40.6 Å². The van der Waals surface area contributed by atoms with E-state index in [4.69, 9.17) is 4.84 Å². The Morgan fingerprint density at radius 1 is 1.29 bits per heavy atom. The Morgan fingerprint density at radius 2 is 2.06 bits per heavy atom. The van der Waals surface area contributed by atoms with Crippen molar-refractivity contribution in [1.82, 2.24) is 20.0 Å². The summed E-state index contributed by atoms with van der Waals surface area (Å²) in [4.78, 5) is 35.7. The van der Waals surface area contributed by atoms with Gasteiger partial charge in [-0.25, -0.2) is 13.4 Å². The van der Waals surface area contributed by atoms with Crippen LogP contribution in [0.5, 0.6) is 0 Å². The Kier molecular flexibility index (Phi) is 7.20. The number of carbonyl (C=O) groups is 2. The minimum atomic E-state index is -4.06. The fourth-order valence-electron chi connectivity index (χ4n) is 2.75. The zero-order chi connectivity index (χ0) is 22.3. The second kappa shape index (κ2) is 10.0. The number of carbonyl (C=O) groups excluding carboxylic acids is 1. The van der Waals surface area contributed by atoms with E-state index in [-0.39, 0.29) is 11.3 Å². The topological polar surface area (TPSA) is 175 Å². The van der Waals surface area contributed by atoms with Crippen LogP contribution in [0, 0.1) is 0 Å². The number of rotatable bonds is 11. The molecule has 2 heterocycles. The van der Waals surface area contributed by atoms with E-state index in [0.717, 1.165) is 0 Å². The number of anilines is 1. The van der Waals surface area contributed by atoms with Crippen LogP contribution in [0.1, 0.15) is 12.8 Å². The van der Waals surface area contributed by atoms with Crippen LogP contribution in [0.15, 0.2) is 52.8 Å². The molecule has 5 N–H and O–H groups in total. The molecule has 0 bridgehead atoms. The number of amides is 1. The molecule has 0 spiro atoms. The van der Waals surface area contributed by atoms with Crippen LogP contribution in [0.25, 0.3) is 0 Å². The number of carboxylic acids is 1. The third kappa shape index (κ3) is 6.26. The predicted octanol–water partition coefficient (Wildman–Crippen LogP) is -0.0955. The summed E-state index contributed by atoms with van der Waals surface area (Å²) in [6.07, 6.45) is 3.17. The lowest BCUT2D eigenvalue weighted by molar-refractivity contribution is -0.139. The van der Waals surface area contributed by atoms with E-state index >= 15 is 0 Å². The van der Waals surface area contributed by atoms with Gasteiger partial charge in [0.15, 0.2) is 5.95 Å². The molecule has 2 unspecified atom stereocenters. The number of nitrogens with one attached hydrogen (secondary N) is 4. The lowest BCUT2D eigenvalue weighted by atomic mass is 10.1. The van der Waals surface area contributed by atoms with Gasteiger partial charge in [-0.05, 0) is 12.1 Å². The van der Waals surface area contributed by atoms with Crippen molar-refractivity contribution < 1.29 is 28.0 Å². The highest BCUT2D eigenvalue weighted by molar-refractivity contribution is 7.89. The fraction of sp³-hybridized carbons (Fsp3) is 0.333. The lowest BCUT2D eigenvalue weighted by Crippen LogP contribution is -2.49. The van der Waals surface area contributed by atoms with E-state index in [1.165, 1.54) is 24.3 Å². The number of benzene rings is 1. The van der Waals surface area contributed by atoms with Crippen molar-refractivity contribution in [3.8, 4) is 0 Å². The SMILES string of the molecule is O=C(O)C(CNC(=O)C1CC(CCNc2ncc[nH]2)=NO1)NS(=O)(=O)c1ccccc1. The molecular weight excluding hydrogens is 428 g/mol. The summed E-state index contributed by atoms with van der Waals surface area (Å²) in [5, 5.41) is 18.7. The van der Waals surface area contributed by atoms with Crippen LogP contribution >= 0.6 is 0 Å². The van der Waals surface area contributed by atoms with E-state index in [1.807, 2.05) is 0 Å². The molecule has 1 aliphatic rings. The van der Waals surface area contributed by atoms with Crippen molar-refractivity contribution in [3.05, 3.63) is 42.7 Å². The quantitative estimate of drug-likeness (QED) is 0.315. The van der Waals surface area contributed by atoms with Crippen LogP contribution in [0.3, 0.4) is 0 Å². The Labute approximate surface area is 178 Å². The first-order valence-corrected chi connectivity index (χ1v) is 10.9. The van der Waals surface area contributed by atoms with Gasteiger partial charge in [0.1, 0.15) is 6.04 Å². The number of aromatic amines is 1. The minimum absolute atomic E-state index is 0.0760. The van der Waals surface area contributed by atoms with Gasteiger partial charge in [0, 0.05) is 38.3 Å². The molecule has 1 aromatic carbocycles. The normalized spacial score (nSPS) is 16.8. The summed E-state index contributed by atoms with van der Waals surface area (Å²) >= 11 is 0. The second-order valence-electron chi connectivity index (χ2n) is 6.64. The molecule has 166 valence electrons. The molecule has 0 radical (unpaired) electrons. The van der Waals surface area contributed by atoms with Gasteiger partial charge in [-0.2, -0.15) is 4.72 Å². The van der Waals surface area contributed by atoms with Crippen molar-refractivity contribution in [3.63, 3.8) is 0 Å². The highest BCUT2D eigenvalue weighted by Gasteiger charge is 2.30. The predicted molar refractivity (Wildman–Crippen MR) is 110 cm³/mol. The van der Waals surface area contributed by atoms with Crippen LogP contribution in [0.4, 0.5) is 5.95 Å². The maximum Gasteiger partial charge on any atom is 0.323 e. The highest BCUT2D eigenvalue weighted by atomic mass is 32.2. The van der Waals surface area contributed by atoms with Crippen molar-refractivity contribution in [2.24, 2.45) is 5.16 Å². The molecule has 12 nitrogen and oxygen atoms in total. The van der Waals surface area contributed by atoms with Gasteiger partial charge in [-0.3, -0.25) is 9.59 Å². The number of H-pyrrole nitrogens is 1. The number of sulfonamides is 1. The average molecular weight is 450 g/mol. The van der Waals surface area contributed by atoms with Crippen molar-refractivity contribution in [1.29, 1.82) is 0 Å². The first-order valence-electron chi connectivity index (χ1n) is 9.38. The zero-order valence-corrected chi connectivity index (χ0v) is 17.1. The van der Waals surface area contributed by atoms with Crippen molar-refractivity contribution >= 4 is 33.6 Å². The summed E-state index contributed by atoms with van der Waals surface area (Å²) in [5.41, 5.74) is 0.666. The lowest BCUT2D eigenvalue weighted by Gasteiger charge is -2.16. The van der Waals surface area contributed by atoms with E-state index in [9.17, 15) is 23.1 Å². The zero-order valence-electron chi connectivity index (χ0n) is 16.3. The van der Waals surface area contributed by atoms with Crippen molar-refractivity contribution in [2.75, 3.05) is 18.4 Å². The second-order valence-corrected chi connectivity index (χ2v) is 8.35. The Bertz CT molecular complexity index is 1030. The van der Waals surface area contributed by atoms with Crippen LogP contribution < -0.4 is 15.4 Å². The van der Waals surface area contributed by atoms with Gasteiger partial charge in [-0.1, -0.05) is 23.4 Å². The Morgan fingerprint density at radius 3 is 2.74 bits per heavy atom. The number of aliphatic carboxylic acids is 1. The van der Waals surface area contributed by atoms with Gasteiger partial charge >= 0.3 is 5.97 Å². The first-order chi connectivity index (χ1) is 14.8. The molecule has 0 saturated carbocycles. The molecule has 0 fully saturated rings.